The van der Waals surface area contributed by atoms with Gasteiger partial charge in [0.25, 0.3) is 0 Å². The van der Waals surface area contributed by atoms with Gasteiger partial charge < -0.3 is 9.64 Å². The molecule has 16 heavy (non-hydrogen) atoms. The molecule has 1 aliphatic heterocycles. The summed E-state index contributed by atoms with van der Waals surface area (Å²) in [6.07, 6.45) is 7.10. The molecular formula is C14H20NO+. The Balaban J connectivity index is 1.73. The van der Waals surface area contributed by atoms with Crippen LogP contribution in [-0.2, 0) is 0 Å². The van der Waals surface area contributed by atoms with Gasteiger partial charge in [0, 0.05) is 12.8 Å². The minimum atomic E-state index is 0.674. The van der Waals surface area contributed by atoms with Gasteiger partial charge in [-0.3, -0.25) is 0 Å². The van der Waals surface area contributed by atoms with E-state index >= 15 is 0 Å². The first-order valence-corrected chi connectivity index (χ1v) is 6.03. The molecule has 0 aliphatic carbocycles. The zero-order chi connectivity index (χ0) is 11.2. The number of nitrogens with one attached hydrogen (secondary N) is 1. The Bertz CT molecular complexity index is 334. The van der Waals surface area contributed by atoms with Crippen LogP contribution in [0.15, 0.2) is 42.5 Å². The summed E-state index contributed by atoms with van der Waals surface area (Å²) < 4.78 is 5.60. The molecule has 0 spiro atoms. The Morgan fingerprint density at radius 1 is 1.38 bits per heavy atom. The highest BCUT2D eigenvalue weighted by atomic mass is 16.5. The van der Waals surface area contributed by atoms with E-state index in [0.717, 1.165) is 5.75 Å². The first-order chi connectivity index (χ1) is 7.86. The monoisotopic (exact) mass is 218 g/mol. The van der Waals surface area contributed by atoms with E-state index in [1.165, 1.54) is 19.4 Å². The quantitative estimate of drug-likeness (QED) is 0.752. The molecule has 2 heteroatoms. The molecule has 1 N–H and O–H groups in total. The van der Waals surface area contributed by atoms with E-state index in [2.05, 4.69) is 19.2 Å². The Morgan fingerprint density at radius 2 is 2.19 bits per heavy atom. The lowest BCUT2D eigenvalue weighted by Crippen LogP contribution is -3.10. The highest BCUT2D eigenvalue weighted by Gasteiger charge is 2.21. The summed E-state index contributed by atoms with van der Waals surface area (Å²) in [7, 11) is 2.26. The van der Waals surface area contributed by atoms with Crippen molar-refractivity contribution in [1.82, 2.24) is 0 Å². The van der Waals surface area contributed by atoms with E-state index in [1.54, 1.807) is 4.90 Å². The van der Waals surface area contributed by atoms with Gasteiger partial charge in [-0.05, 0) is 24.3 Å². The molecule has 2 rings (SSSR count). The third kappa shape index (κ3) is 3.11. The average molecular weight is 218 g/mol. The summed E-state index contributed by atoms with van der Waals surface area (Å²) in [5, 5.41) is 0. The fraction of sp³-hybridized carbons (Fsp3) is 0.429. The van der Waals surface area contributed by atoms with Gasteiger partial charge in [0.15, 0.2) is 0 Å². The molecule has 0 saturated carbocycles. The standard InChI is InChI=1S/C14H19NO/c1-15-11-5-7-13(15)8-6-12-16-14-9-3-2-4-10-14/h2-4,6,8-10,13H,5,7,11-12H2,1H3/p+1/b8-6+/t13-/m0/s1. The molecule has 1 aliphatic rings. The summed E-state index contributed by atoms with van der Waals surface area (Å²) >= 11 is 0. The molecule has 0 amide bonds. The predicted octanol–water partition coefficient (Wildman–Crippen LogP) is 1.30. The number of para-hydroxylation sites is 1. The van der Waals surface area contributed by atoms with E-state index in [4.69, 9.17) is 4.74 Å². The van der Waals surface area contributed by atoms with Gasteiger partial charge in [0.05, 0.1) is 13.6 Å². The molecule has 0 bridgehead atoms. The SMILES string of the molecule is C[NH+]1CCC[C@H]1/C=C/COc1ccccc1. The molecule has 2 nitrogen and oxygen atoms in total. The fourth-order valence-electron chi connectivity index (χ4n) is 2.17. The van der Waals surface area contributed by atoms with Crippen molar-refractivity contribution in [3.63, 3.8) is 0 Å². The lowest BCUT2D eigenvalue weighted by molar-refractivity contribution is -0.885. The van der Waals surface area contributed by atoms with Crippen LogP contribution in [0.5, 0.6) is 5.75 Å². The third-order valence-electron chi connectivity index (χ3n) is 3.18. The summed E-state index contributed by atoms with van der Waals surface area (Å²) in [4.78, 5) is 1.62. The topological polar surface area (TPSA) is 13.7 Å². The number of benzene rings is 1. The molecule has 86 valence electrons. The van der Waals surface area contributed by atoms with Crippen molar-refractivity contribution in [1.29, 1.82) is 0 Å². The molecule has 1 fully saturated rings. The van der Waals surface area contributed by atoms with Gasteiger partial charge in [-0.1, -0.05) is 18.2 Å². The van der Waals surface area contributed by atoms with E-state index < -0.39 is 0 Å². The Morgan fingerprint density at radius 3 is 2.88 bits per heavy atom. The van der Waals surface area contributed by atoms with Gasteiger partial charge in [-0.2, -0.15) is 0 Å². The lowest BCUT2D eigenvalue weighted by atomic mass is 10.2. The zero-order valence-electron chi connectivity index (χ0n) is 9.86. The van der Waals surface area contributed by atoms with Gasteiger partial charge in [0.2, 0.25) is 0 Å². The normalized spacial score (nSPS) is 25.1. The van der Waals surface area contributed by atoms with E-state index in [0.29, 0.717) is 12.6 Å². The van der Waals surface area contributed by atoms with Crippen molar-refractivity contribution in [2.75, 3.05) is 20.2 Å². The van der Waals surface area contributed by atoms with Crippen LogP contribution in [0.3, 0.4) is 0 Å². The predicted molar refractivity (Wildman–Crippen MR) is 65.9 cm³/mol. The minimum absolute atomic E-state index is 0.674. The molecule has 1 aromatic rings. The van der Waals surface area contributed by atoms with Gasteiger partial charge in [-0.15, -0.1) is 0 Å². The molecule has 0 aromatic heterocycles. The van der Waals surface area contributed by atoms with Gasteiger partial charge in [-0.25, -0.2) is 0 Å². The summed E-state index contributed by atoms with van der Waals surface area (Å²) in [5.41, 5.74) is 0. The Kier molecular flexibility index (Phi) is 4.00. The highest BCUT2D eigenvalue weighted by Crippen LogP contribution is 2.08. The number of likely N-dealkylation sites (tertiary alicyclic amines) is 1. The summed E-state index contributed by atoms with van der Waals surface area (Å²) in [6, 6.07) is 10.7. The first kappa shape index (κ1) is 11.2. The smallest absolute Gasteiger partial charge is 0.119 e. The van der Waals surface area contributed by atoms with Crippen LogP contribution < -0.4 is 9.64 Å². The number of likely N-dealkylation sites (N-methyl/N-ethyl adjacent to an activating group) is 1. The lowest BCUT2D eigenvalue weighted by Gasteiger charge is -2.11. The Hall–Kier alpha value is -1.28. The molecule has 1 aromatic carbocycles. The zero-order valence-corrected chi connectivity index (χ0v) is 9.86. The number of ether oxygens (including phenoxy) is 1. The summed E-state index contributed by atoms with van der Waals surface area (Å²) in [5.74, 6) is 0.944. The van der Waals surface area contributed by atoms with Crippen molar-refractivity contribution in [2.45, 2.75) is 18.9 Å². The minimum Gasteiger partial charge on any atom is -0.490 e. The molecule has 1 unspecified atom stereocenters. The van der Waals surface area contributed by atoms with Crippen molar-refractivity contribution in [3.8, 4) is 5.75 Å². The maximum atomic E-state index is 5.60. The van der Waals surface area contributed by atoms with Crippen LogP contribution >= 0.6 is 0 Å². The maximum Gasteiger partial charge on any atom is 0.119 e. The second kappa shape index (κ2) is 5.71. The Labute approximate surface area is 97.5 Å². The van der Waals surface area contributed by atoms with Gasteiger partial charge >= 0.3 is 0 Å². The van der Waals surface area contributed by atoms with E-state index in [9.17, 15) is 0 Å². The number of hydrogen-bond donors (Lipinski definition) is 1. The van der Waals surface area contributed by atoms with Crippen LogP contribution in [0.4, 0.5) is 0 Å². The molecular weight excluding hydrogens is 198 g/mol. The number of hydrogen-bond acceptors (Lipinski definition) is 1. The summed E-state index contributed by atoms with van der Waals surface area (Å²) in [6.45, 7) is 1.97. The van der Waals surface area contributed by atoms with Gasteiger partial charge in [0.1, 0.15) is 18.4 Å². The number of rotatable bonds is 4. The average Bonchev–Trinajstić information content (AvgIpc) is 2.72. The van der Waals surface area contributed by atoms with Crippen LogP contribution in [0, 0.1) is 0 Å². The molecule has 2 atom stereocenters. The molecule has 1 saturated heterocycles. The van der Waals surface area contributed by atoms with Crippen molar-refractivity contribution in [2.24, 2.45) is 0 Å². The van der Waals surface area contributed by atoms with Crippen molar-refractivity contribution < 1.29 is 9.64 Å². The van der Waals surface area contributed by atoms with Crippen LogP contribution in [-0.4, -0.2) is 26.2 Å². The largest absolute Gasteiger partial charge is 0.490 e. The van der Waals surface area contributed by atoms with E-state index in [-0.39, 0.29) is 0 Å². The fourth-order valence-corrected chi connectivity index (χ4v) is 2.17. The van der Waals surface area contributed by atoms with Crippen LogP contribution in [0.1, 0.15) is 12.8 Å². The van der Waals surface area contributed by atoms with Crippen molar-refractivity contribution in [3.05, 3.63) is 42.5 Å². The number of quaternary nitrogens is 1. The molecule has 0 radical (unpaired) electrons. The van der Waals surface area contributed by atoms with Crippen LogP contribution in [0.2, 0.25) is 0 Å². The second-order valence-corrected chi connectivity index (χ2v) is 4.40. The third-order valence-corrected chi connectivity index (χ3v) is 3.18. The highest BCUT2D eigenvalue weighted by molar-refractivity contribution is 5.21. The molecule has 1 heterocycles. The van der Waals surface area contributed by atoms with Crippen LogP contribution in [0.25, 0.3) is 0 Å². The first-order valence-electron chi connectivity index (χ1n) is 6.03. The second-order valence-electron chi connectivity index (χ2n) is 4.40. The van der Waals surface area contributed by atoms with E-state index in [1.807, 2.05) is 30.3 Å². The maximum absolute atomic E-state index is 5.60. The van der Waals surface area contributed by atoms with Crippen molar-refractivity contribution >= 4 is 0 Å².